The first-order valence-electron chi connectivity index (χ1n) is 11.5. The average molecular weight is 548 g/mol. The van der Waals surface area contributed by atoms with Gasteiger partial charge in [0.05, 0.1) is 41.2 Å². The summed E-state index contributed by atoms with van der Waals surface area (Å²) in [4.78, 5) is 23.6. The molecule has 2 aliphatic heterocycles. The molecule has 8 nitrogen and oxygen atoms in total. The van der Waals surface area contributed by atoms with Crippen LogP contribution in [0.1, 0.15) is 70.6 Å². The van der Waals surface area contributed by atoms with Crippen molar-refractivity contribution in [2.45, 2.75) is 66.1 Å². The van der Waals surface area contributed by atoms with Crippen LogP contribution in [0.3, 0.4) is 0 Å². The molecule has 0 aromatic carbocycles. The number of piperidine rings is 1. The normalized spacial score (nSPS) is 21.0. The van der Waals surface area contributed by atoms with Gasteiger partial charge in [0.2, 0.25) is 0 Å². The van der Waals surface area contributed by atoms with E-state index in [-0.39, 0.29) is 10.2 Å². The number of hydrogen-bond donors (Lipinski definition) is 1. The van der Waals surface area contributed by atoms with Crippen molar-refractivity contribution in [3.63, 3.8) is 0 Å². The fourth-order valence-electron chi connectivity index (χ4n) is 4.30. The zero-order valence-electron chi connectivity index (χ0n) is 20.9. The average Bonchev–Trinajstić information content (AvgIpc) is 3.13. The van der Waals surface area contributed by atoms with Crippen molar-refractivity contribution < 1.29 is 18.5 Å². The first-order chi connectivity index (χ1) is 15.3. The van der Waals surface area contributed by atoms with Gasteiger partial charge in [0.1, 0.15) is 4.60 Å². The van der Waals surface area contributed by atoms with E-state index >= 15 is 0 Å². The van der Waals surface area contributed by atoms with Gasteiger partial charge in [-0.1, -0.05) is 13.8 Å². The predicted molar refractivity (Wildman–Crippen MR) is 136 cm³/mol. The van der Waals surface area contributed by atoms with Gasteiger partial charge in [-0.15, -0.1) is 0 Å². The molecule has 2 atom stereocenters. The highest BCUT2D eigenvalue weighted by Crippen LogP contribution is 2.47. The van der Waals surface area contributed by atoms with Crippen LogP contribution in [0.25, 0.3) is 0 Å². The molecule has 2 saturated heterocycles. The van der Waals surface area contributed by atoms with E-state index in [4.69, 9.17) is 14.6 Å². The van der Waals surface area contributed by atoms with Crippen molar-refractivity contribution in [3.05, 3.63) is 16.0 Å². The van der Waals surface area contributed by atoms with Gasteiger partial charge < -0.3 is 14.4 Å². The predicted octanol–water partition coefficient (Wildman–Crippen LogP) is 4.02. The maximum absolute atomic E-state index is 12.4. The number of carbonyl (C=O) groups excluding carboxylic acids is 1. The second-order valence-electron chi connectivity index (χ2n) is 10.1. The number of ether oxygens (including phenoxy) is 2. The molecule has 188 valence electrons. The van der Waals surface area contributed by atoms with E-state index in [1.807, 2.05) is 27.7 Å². The monoisotopic (exact) mass is 546 g/mol. The topological polar surface area (TPSA) is 108 Å². The Labute approximate surface area is 209 Å². The summed E-state index contributed by atoms with van der Waals surface area (Å²) in [6, 6.07) is 0. The molecule has 2 fully saturated rings. The molecule has 2 N–H and O–H groups in total. The Morgan fingerprint density at radius 3 is 2.39 bits per heavy atom. The van der Waals surface area contributed by atoms with Crippen LogP contribution in [0, 0.1) is 24.2 Å². The van der Waals surface area contributed by atoms with Crippen molar-refractivity contribution in [2.75, 3.05) is 37.8 Å². The highest BCUT2D eigenvalue weighted by molar-refractivity contribution is 9.10. The van der Waals surface area contributed by atoms with Crippen LogP contribution in [0.4, 0.5) is 5.82 Å². The van der Waals surface area contributed by atoms with Crippen LogP contribution in [-0.2, 0) is 20.5 Å². The fraction of sp³-hybridized carbons (Fsp3) is 0.783. The molecule has 0 radical (unpaired) electrons. The molecule has 0 bridgehead atoms. The molecular weight excluding hydrogens is 508 g/mol. The Kier molecular flexibility index (Phi) is 9.85. The van der Waals surface area contributed by atoms with Crippen LogP contribution in [0.5, 0.6) is 0 Å². The largest absolute Gasteiger partial charge is 0.461 e. The van der Waals surface area contributed by atoms with E-state index in [0.717, 1.165) is 44.8 Å². The minimum Gasteiger partial charge on any atom is -0.461 e. The van der Waals surface area contributed by atoms with Gasteiger partial charge in [-0.2, -0.15) is 0 Å². The number of rotatable bonds is 4. The Morgan fingerprint density at radius 2 is 1.91 bits per heavy atom. The number of anilines is 1. The van der Waals surface area contributed by atoms with Gasteiger partial charge in [-0.05, 0) is 75.2 Å². The molecular formula is C23H39BrN4O4S. The molecule has 0 saturated carbocycles. The standard InChI is InChI=1S/C19H28BrN3O3.C4H11NOS/c1-5-26-18(24)15-17(21-13(4)16(20)22-15)23-8-6-19(7-9-23)11-25-10-14(19)12(2)3;1-4(2,3)7(5)6/h12,14H,5-11H2,1-4H3;5H2,1-3H3. The molecule has 33 heavy (non-hydrogen) atoms. The Bertz CT molecular complexity index is 852. The van der Waals surface area contributed by atoms with Crippen molar-refractivity contribution in [1.82, 2.24) is 9.97 Å². The van der Waals surface area contributed by atoms with Gasteiger partial charge in [0, 0.05) is 18.5 Å². The van der Waals surface area contributed by atoms with E-state index in [0.29, 0.717) is 34.6 Å². The minimum absolute atomic E-state index is 0.250. The van der Waals surface area contributed by atoms with E-state index in [9.17, 15) is 9.00 Å². The van der Waals surface area contributed by atoms with E-state index in [1.54, 1.807) is 6.92 Å². The maximum atomic E-state index is 12.4. The van der Waals surface area contributed by atoms with E-state index in [2.05, 4.69) is 44.6 Å². The molecule has 0 aliphatic carbocycles. The Balaban J connectivity index is 0.000000479. The summed E-state index contributed by atoms with van der Waals surface area (Å²) in [5.41, 5.74) is 1.33. The van der Waals surface area contributed by atoms with Crippen LogP contribution in [0.2, 0.25) is 0 Å². The Hall–Kier alpha value is -1.10. The van der Waals surface area contributed by atoms with Crippen LogP contribution in [-0.4, -0.2) is 57.8 Å². The lowest BCUT2D eigenvalue weighted by molar-refractivity contribution is 0.0519. The van der Waals surface area contributed by atoms with Gasteiger partial charge in [0.25, 0.3) is 0 Å². The molecule has 1 spiro atoms. The second kappa shape index (κ2) is 11.6. The van der Waals surface area contributed by atoms with Gasteiger partial charge in [0.15, 0.2) is 11.5 Å². The lowest BCUT2D eigenvalue weighted by Gasteiger charge is -2.43. The second-order valence-corrected chi connectivity index (χ2v) is 12.7. The molecule has 1 aromatic heterocycles. The molecule has 3 rings (SSSR count). The zero-order valence-corrected chi connectivity index (χ0v) is 23.3. The first kappa shape index (κ1) is 28.1. The number of nitrogens with two attached hydrogens (primary N) is 1. The number of carbonyl (C=O) groups is 1. The molecule has 0 amide bonds. The molecule has 2 unspecified atom stereocenters. The number of aryl methyl sites for hydroxylation is 1. The minimum atomic E-state index is -1.18. The summed E-state index contributed by atoms with van der Waals surface area (Å²) in [5.74, 6) is 1.44. The van der Waals surface area contributed by atoms with Gasteiger partial charge >= 0.3 is 5.97 Å². The van der Waals surface area contributed by atoms with E-state index in [1.165, 1.54) is 0 Å². The van der Waals surface area contributed by atoms with Crippen molar-refractivity contribution in [1.29, 1.82) is 0 Å². The number of halogens is 1. The fourth-order valence-corrected chi connectivity index (χ4v) is 4.56. The highest BCUT2D eigenvalue weighted by atomic mass is 79.9. The lowest BCUT2D eigenvalue weighted by Crippen LogP contribution is -2.46. The van der Waals surface area contributed by atoms with Gasteiger partial charge in [-0.3, -0.25) is 5.14 Å². The summed E-state index contributed by atoms with van der Waals surface area (Å²) in [6.07, 6.45) is 2.10. The van der Waals surface area contributed by atoms with Crippen molar-refractivity contribution in [2.24, 2.45) is 22.4 Å². The summed E-state index contributed by atoms with van der Waals surface area (Å²) < 4.78 is 21.7. The van der Waals surface area contributed by atoms with Crippen molar-refractivity contribution >= 4 is 38.7 Å². The molecule has 1 aromatic rings. The highest BCUT2D eigenvalue weighted by Gasteiger charge is 2.47. The number of esters is 1. The summed E-state index contributed by atoms with van der Waals surface area (Å²) in [5, 5.41) is 5.04. The third-order valence-electron chi connectivity index (χ3n) is 6.40. The smallest absolute Gasteiger partial charge is 0.360 e. The summed E-state index contributed by atoms with van der Waals surface area (Å²) in [7, 11) is -1.18. The number of nitrogens with zero attached hydrogens (tertiary/aromatic N) is 3. The molecule has 2 aliphatic rings. The third kappa shape index (κ3) is 6.96. The van der Waals surface area contributed by atoms with Gasteiger partial charge in [-0.25, -0.2) is 19.0 Å². The molecule has 3 heterocycles. The van der Waals surface area contributed by atoms with Crippen LogP contribution in [0.15, 0.2) is 4.60 Å². The van der Waals surface area contributed by atoms with Crippen molar-refractivity contribution in [3.8, 4) is 0 Å². The third-order valence-corrected chi connectivity index (χ3v) is 8.36. The SMILES string of the molecule is CC(C)(C)S(N)=O.CCOC(=O)c1nc(Br)c(C)nc1N1CCC2(CC1)COCC2C(C)C. The zero-order chi connectivity index (χ0) is 25.0. The van der Waals surface area contributed by atoms with Crippen LogP contribution < -0.4 is 10.0 Å². The van der Waals surface area contributed by atoms with Crippen LogP contribution >= 0.6 is 15.9 Å². The quantitative estimate of drug-likeness (QED) is 0.568. The first-order valence-corrected chi connectivity index (χ1v) is 13.5. The summed E-state index contributed by atoms with van der Waals surface area (Å²) in [6.45, 7) is 17.5. The van der Waals surface area contributed by atoms with E-state index < -0.39 is 17.0 Å². The summed E-state index contributed by atoms with van der Waals surface area (Å²) >= 11 is 3.38. The lowest BCUT2D eigenvalue weighted by atomic mass is 9.67. The maximum Gasteiger partial charge on any atom is 0.360 e. The molecule has 10 heteroatoms. The number of aromatic nitrogens is 2. The Morgan fingerprint density at radius 1 is 1.33 bits per heavy atom. The number of hydrogen-bond acceptors (Lipinski definition) is 7.